The molecule has 1 amide bonds. The van der Waals surface area contributed by atoms with Gasteiger partial charge in [0.15, 0.2) is 5.13 Å². The SMILES string of the molecule is COc1ccc(Cl)cc1C(=O)Nc1nc(-c2cc(C)ccc2OC)cs1. The van der Waals surface area contributed by atoms with Gasteiger partial charge in [0.2, 0.25) is 0 Å². The molecule has 0 unspecified atom stereocenters. The van der Waals surface area contributed by atoms with Gasteiger partial charge in [0.25, 0.3) is 5.91 Å². The molecule has 0 saturated carbocycles. The van der Waals surface area contributed by atoms with E-state index in [4.69, 9.17) is 21.1 Å². The second-order valence-corrected chi connectivity index (χ2v) is 6.83. The van der Waals surface area contributed by atoms with E-state index < -0.39 is 0 Å². The Balaban J connectivity index is 1.87. The minimum atomic E-state index is -0.332. The fraction of sp³-hybridized carbons (Fsp3) is 0.158. The van der Waals surface area contributed by atoms with Crippen molar-refractivity contribution in [3.8, 4) is 22.8 Å². The summed E-state index contributed by atoms with van der Waals surface area (Å²) in [7, 11) is 3.13. The number of rotatable bonds is 5. The van der Waals surface area contributed by atoms with Crippen molar-refractivity contribution in [1.29, 1.82) is 0 Å². The van der Waals surface area contributed by atoms with Crippen molar-refractivity contribution >= 4 is 34.0 Å². The number of aromatic nitrogens is 1. The minimum absolute atomic E-state index is 0.332. The van der Waals surface area contributed by atoms with Crippen LogP contribution in [-0.4, -0.2) is 25.1 Å². The van der Waals surface area contributed by atoms with Crippen LogP contribution in [0.3, 0.4) is 0 Å². The molecule has 2 aromatic carbocycles. The van der Waals surface area contributed by atoms with Gasteiger partial charge in [-0.2, -0.15) is 0 Å². The number of anilines is 1. The maximum Gasteiger partial charge on any atom is 0.261 e. The third kappa shape index (κ3) is 3.81. The first-order valence-corrected chi connectivity index (χ1v) is 9.03. The molecule has 3 aromatic rings. The molecule has 7 heteroatoms. The van der Waals surface area contributed by atoms with Gasteiger partial charge in [0.1, 0.15) is 11.5 Å². The first-order valence-electron chi connectivity index (χ1n) is 7.77. The molecule has 0 aliphatic carbocycles. The molecule has 0 atom stereocenters. The van der Waals surface area contributed by atoms with Crippen LogP contribution in [0.1, 0.15) is 15.9 Å². The van der Waals surface area contributed by atoms with Gasteiger partial charge in [0, 0.05) is 16.0 Å². The topological polar surface area (TPSA) is 60.5 Å². The molecule has 0 aliphatic rings. The summed E-state index contributed by atoms with van der Waals surface area (Å²) >= 11 is 7.33. The van der Waals surface area contributed by atoms with Crippen molar-refractivity contribution in [2.24, 2.45) is 0 Å². The molecule has 0 aliphatic heterocycles. The molecule has 1 aromatic heterocycles. The van der Waals surface area contributed by atoms with Crippen LogP contribution < -0.4 is 14.8 Å². The average Bonchev–Trinajstić information content (AvgIpc) is 3.10. The van der Waals surface area contributed by atoms with Gasteiger partial charge >= 0.3 is 0 Å². The monoisotopic (exact) mass is 388 g/mol. The van der Waals surface area contributed by atoms with Crippen molar-refractivity contribution in [1.82, 2.24) is 4.98 Å². The Labute approximate surface area is 160 Å². The highest BCUT2D eigenvalue weighted by Crippen LogP contribution is 2.33. The second-order valence-electron chi connectivity index (χ2n) is 5.54. The minimum Gasteiger partial charge on any atom is -0.496 e. The highest BCUT2D eigenvalue weighted by Gasteiger charge is 2.16. The van der Waals surface area contributed by atoms with Gasteiger partial charge in [-0.05, 0) is 37.3 Å². The number of methoxy groups -OCH3 is 2. The molecule has 1 heterocycles. The number of aryl methyl sites for hydroxylation is 1. The van der Waals surface area contributed by atoms with Gasteiger partial charge in [-0.15, -0.1) is 11.3 Å². The van der Waals surface area contributed by atoms with Crippen molar-refractivity contribution in [3.63, 3.8) is 0 Å². The Hall–Kier alpha value is -2.57. The number of nitrogens with zero attached hydrogens (tertiary/aromatic N) is 1. The van der Waals surface area contributed by atoms with Crippen LogP contribution >= 0.6 is 22.9 Å². The van der Waals surface area contributed by atoms with E-state index in [1.54, 1.807) is 25.3 Å². The molecular formula is C19H17ClN2O3S. The van der Waals surface area contributed by atoms with Gasteiger partial charge in [-0.25, -0.2) is 4.98 Å². The first kappa shape index (κ1) is 18.2. The summed E-state index contributed by atoms with van der Waals surface area (Å²) in [5, 5.41) is 5.61. The van der Waals surface area contributed by atoms with Crippen LogP contribution in [0, 0.1) is 6.92 Å². The molecule has 26 heavy (non-hydrogen) atoms. The van der Waals surface area contributed by atoms with Crippen LogP contribution in [-0.2, 0) is 0 Å². The molecule has 1 N–H and O–H groups in total. The van der Waals surface area contributed by atoms with E-state index in [0.29, 0.717) is 21.5 Å². The third-order valence-electron chi connectivity index (χ3n) is 3.76. The predicted molar refractivity (Wildman–Crippen MR) is 105 cm³/mol. The molecule has 0 spiro atoms. The third-order valence-corrected chi connectivity index (χ3v) is 4.75. The van der Waals surface area contributed by atoms with Crippen molar-refractivity contribution in [2.75, 3.05) is 19.5 Å². The highest BCUT2D eigenvalue weighted by molar-refractivity contribution is 7.14. The number of thiazole rings is 1. The van der Waals surface area contributed by atoms with Crippen molar-refractivity contribution < 1.29 is 14.3 Å². The maximum absolute atomic E-state index is 12.6. The van der Waals surface area contributed by atoms with Crippen LogP contribution in [0.2, 0.25) is 5.02 Å². The van der Waals surface area contributed by atoms with Gasteiger partial charge in [-0.1, -0.05) is 23.2 Å². The van der Waals surface area contributed by atoms with E-state index in [9.17, 15) is 4.79 Å². The molecule has 0 radical (unpaired) electrons. The number of carbonyl (C=O) groups is 1. The number of hydrogen-bond acceptors (Lipinski definition) is 5. The lowest BCUT2D eigenvalue weighted by Gasteiger charge is -2.08. The van der Waals surface area contributed by atoms with Gasteiger partial charge in [-0.3, -0.25) is 10.1 Å². The maximum atomic E-state index is 12.6. The lowest BCUT2D eigenvalue weighted by atomic mass is 10.1. The molecule has 0 saturated heterocycles. The van der Waals surface area contributed by atoms with E-state index in [0.717, 1.165) is 22.6 Å². The molecule has 134 valence electrons. The highest BCUT2D eigenvalue weighted by atomic mass is 35.5. The van der Waals surface area contributed by atoms with Crippen LogP contribution in [0.5, 0.6) is 11.5 Å². The summed E-state index contributed by atoms with van der Waals surface area (Å²) in [6.07, 6.45) is 0. The Morgan fingerprint density at radius 2 is 1.85 bits per heavy atom. The zero-order chi connectivity index (χ0) is 18.7. The Morgan fingerprint density at radius 3 is 2.58 bits per heavy atom. The lowest BCUT2D eigenvalue weighted by Crippen LogP contribution is -2.13. The fourth-order valence-electron chi connectivity index (χ4n) is 2.50. The quantitative estimate of drug-likeness (QED) is 0.665. The number of carbonyl (C=O) groups excluding carboxylic acids is 1. The summed E-state index contributed by atoms with van der Waals surface area (Å²) in [5.41, 5.74) is 3.07. The Bertz CT molecular complexity index is 956. The van der Waals surface area contributed by atoms with E-state index in [1.165, 1.54) is 18.4 Å². The largest absolute Gasteiger partial charge is 0.496 e. The summed E-state index contributed by atoms with van der Waals surface area (Å²) in [6, 6.07) is 10.8. The van der Waals surface area contributed by atoms with Crippen LogP contribution in [0.25, 0.3) is 11.3 Å². The Morgan fingerprint density at radius 1 is 1.12 bits per heavy atom. The van der Waals surface area contributed by atoms with Crippen LogP contribution in [0.15, 0.2) is 41.8 Å². The second kappa shape index (κ2) is 7.76. The normalized spacial score (nSPS) is 10.5. The summed E-state index contributed by atoms with van der Waals surface area (Å²) in [4.78, 5) is 17.1. The number of ether oxygens (including phenoxy) is 2. The molecule has 0 fully saturated rings. The molecule has 0 bridgehead atoms. The van der Waals surface area contributed by atoms with Crippen molar-refractivity contribution in [2.45, 2.75) is 6.92 Å². The number of nitrogens with one attached hydrogen (secondary N) is 1. The van der Waals surface area contributed by atoms with Crippen molar-refractivity contribution in [3.05, 3.63) is 57.9 Å². The lowest BCUT2D eigenvalue weighted by molar-refractivity contribution is 0.102. The van der Waals surface area contributed by atoms with E-state index >= 15 is 0 Å². The molecule has 5 nitrogen and oxygen atoms in total. The van der Waals surface area contributed by atoms with Crippen LogP contribution in [0.4, 0.5) is 5.13 Å². The molecule has 3 rings (SSSR count). The average molecular weight is 389 g/mol. The zero-order valence-corrected chi connectivity index (χ0v) is 16.1. The number of halogens is 1. The number of benzene rings is 2. The number of hydrogen-bond donors (Lipinski definition) is 1. The van der Waals surface area contributed by atoms with Gasteiger partial charge < -0.3 is 9.47 Å². The smallest absolute Gasteiger partial charge is 0.261 e. The standard InChI is InChI=1S/C19H17ClN2O3S/c1-11-4-6-16(24-2)13(8-11)15-10-26-19(21-15)22-18(23)14-9-12(20)5-7-17(14)25-3/h4-10H,1-3H3,(H,21,22,23). The number of amides is 1. The van der Waals surface area contributed by atoms with E-state index in [2.05, 4.69) is 10.3 Å². The van der Waals surface area contributed by atoms with E-state index in [1.807, 2.05) is 30.5 Å². The summed E-state index contributed by atoms with van der Waals surface area (Å²) < 4.78 is 10.6. The Kier molecular flexibility index (Phi) is 5.44. The summed E-state index contributed by atoms with van der Waals surface area (Å²) in [5.74, 6) is 0.848. The molecular weight excluding hydrogens is 372 g/mol. The first-order chi connectivity index (χ1) is 12.5. The van der Waals surface area contributed by atoms with E-state index in [-0.39, 0.29) is 5.91 Å². The zero-order valence-electron chi connectivity index (χ0n) is 14.5. The predicted octanol–water partition coefficient (Wildman–Crippen LogP) is 5.04. The van der Waals surface area contributed by atoms with Gasteiger partial charge in [0.05, 0.1) is 25.5 Å². The fourth-order valence-corrected chi connectivity index (χ4v) is 3.38. The summed E-state index contributed by atoms with van der Waals surface area (Å²) in [6.45, 7) is 2.00.